The summed E-state index contributed by atoms with van der Waals surface area (Å²) < 4.78 is 16.8. The summed E-state index contributed by atoms with van der Waals surface area (Å²) >= 11 is 0. The monoisotopic (exact) mass is 921 g/mol. The SMILES string of the molecule is CC/C=C\C/C=C\C/C=C\C/C=C\C/C=C\CCCCCC(=O)OCC(COC(=O)CCCCCCC/C=C\CCC)OC(=O)CCCCCCCCCCCCCCCCCCCCC. The lowest BCUT2D eigenvalue weighted by atomic mass is 10.0. The van der Waals surface area contributed by atoms with Gasteiger partial charge >= 0.3 is 17.9 Å². The van der Waals surface area contributed by atoms with Gasteiger partial charge in [-0.2, -0.15) is 0 Å². The molecule has 0 bridgehead atoms. The molecule has 0 rings (SSSR count). The summed E-state index contributed by atoms with van der Waals surface area (Å²) in [5, 5.41) is 0. The zero-order valence-corrected chi connectivity index (χ0v) is 43.4. The molecule has 0 aromatic heterocycles. The van der Waals surface area contributed by atoms with Crippen LogP contribution in [0.3, 0.4) is 0 Å². The van der Waals surface area contributed by atoms with Crippen molar-refractivity contribution in [2.24, 2.45) is 0 Å². The molecule has 1 unspecified atom stereocenters. The van der Waals surface area contributed by atoms with Gasteiger partial charge in [-0.05, 0) is 83.5 Å². The Morgan fingerprint density at radius 3 is 1.02 bits per heavy atom. The molecule has 0 aliphatic heterocycles. The van der Waals surface area contributed by atoms with Crippen LogP contribution < -0.4 is 0 Å². The Kier molecular flexibility index (Phi) is 51.9. The smallest absolute Gasteiger partial charge is 0.306 e. The first-order valence-electron chi connectivity index (χ1n) is 27.9. The lowest BCUT2D eigenvalue weighted by Gasteiger charge is -2.18. The quantitative estimate of drug-likeness (QED) is 0.0262. The molecule has 0 heterocycles. The van der Waals surface area contributed by atoms with E-state index in [0.717, 1.165) is 109 Å². The number of ether oxygens (including phenoxy) is 3. The number of esters is 3. The molecule has 0 spiro atoms. The first-order chi connectivity index (χ1) is 32.5. The molecule has 380 valence electrons. The van der Waals surface area contributed by atoms with Crippen LogP contribution in [0.1, 0.15) is 271 Å². The number of allylic oxidation sites excluding steroid dienone is 12. The fourth-order valence-corrected chi connectivity index (χ4v) is 7.77. The van der Waals surface area contributed by atoms with Crippen molar-refractivity contribution in [3.63, 3.8) is 0 Å². The molecule has 0 saturated heterocycles. The molecule has 0 aromatic carbocycles. The van der Waals surface area contributed by atoms with E-state index in [2.05, 4.69) is 93.7 Å². The molecule has 0 aliphatic carbocycles. The highest BCUT2D eigenvalue weighted by molar-refractivity contribution is 5.71. The van der Waals surface area contributed by atoms with Crippen molar-refractivity contribution in [3.05, 3.63) is 72.9 Å². The van der Waals surface area contributed by atoms with E-state index in [1.165, 1.54) is 122 Å². The third kappa shape index (κ3) is 51.8. The van der Waals surface area contributed by atoms with Crippen molar-refractivity contribution in [1.82, 2.24) is 0 Å². The second kappa shape index (κ2) is 54.5. The van der Waals surface area contributed by atoms with Crippen molar-refractivity contribution in [3.8, 4) is 0 Å². The van der Waals surface area contributed by atoms with Gasteiger partial charge in [0.05, 0.1) is 0 Å². The van der Waals surface area contributed by atoms with Crippen LogP contribution in [0, 0.1) is 0 Å². The van der Waals surface area contributed by atoms with Gasteiger partial charge in [-0.15, -0.1) is 0 Å². The van der Waals surface area contributed by atoms with E-state index in [1.807, 2.05) is 0 Å². The molecule has 1 atom stereocenters. The minimum Gasteiger partial charge on any atom is -0.462 e. The van der Waals surface area contributed by atoms with E-state index in [9.17, 15) is 14.4 Å². The zero-order valence-electron chi connectivity index (χ0n) is 43.4. The van der Waals surface area contributed by atoms with Crippen molar-refractivity contribution in [2.75, 3.05) is 13.2 Å². The molecule has 6 heteroatoms. The van der Waals surface area contributed by atoms with E-state index in [0.29, 0.717) is 19.3 Å². The molecule has 0 fully saturated rings. The molecule has 6 nitrogen and oxygen atoms in total. The van der Waals surface area contributed by atoms with Crippen LogP contribution >= 0.6 is 0 Å². The van der Waals surface area contributed by atoms with E-state index < -0.39 is 6.10 Å². The van der Waals surface area contributed by atoms with Gasteiger partial charge in [0.25, 0.3) is 0 Å². The van der Waals surface area contributed by atoms with E-state index in [1.54, 1.807) is 0 Å². The number of unbranched alkanes of at least 4 members (excludes halogenated alkanes) is 27. The second-order valence-electron chi connectivity index (χ2n) is 18.5. The van der Waals surface area contributed by atoms with Crippen LogP contribution in [0.4, 0.5) is 0 Å². The number of hydrogen-bond donors (Lipinski definition) is 0. The summed E-state index contributed by atoms with van der Waals surface area (Å²) in [4.78, 5) is 38.0. The number of carbonyl (C=O) groups excluding carboxylic acids is 3. The van der Waals surface area contributed by atoms with Gasteiger partial charge in [-0.3, -0.25) is 14.4 Å². The first-order valence-corrected chi connectivity index (χ1v) is 27.9. The average Bonchev–Trinajstić information content (AvgIpc) is 3.31. The Bertz CT molecular complexity index is 1240. The fraction of sp³-hybridized carbons (Fsp3) is 0.750. The molecular formula is C60H104O6. The summed E-state index contributed by atoms with van der Waals surface area (Å²) in [7, 11) is 0. The van der Waals surface area contributed by atoms with Gasteiger partial charge in [-0.1, -0.05) is 241 Å². The minimum atomic E-state index is -0.790. The minimum absolute atomic E-state index is 0.0889. The Labute approximate surface area is 408 Å². The third-order valence-electron chi connectivity index (χ3n) is 11.9. The van der Waals surface area contributed by atoms with Crippen LogP contribution in [-0.2, 0) is 28.6 Å². The number of rotatable bonds is 50. The van der Waals surface area contributed by atoms with Crippen molar-refractivity contribution >= 4 is 17.9 Å². The van der Waals surface area contributed by atoms with Crippen LogP contribution in [-0.4, -0.2) is 37.2 Å². The maximum Gasteiger partial charge on any atom is 0.306 e. The number of hydrogen-bond acceptors (Lipinski definition) is 6. The van der Waals surface area contributed by atoms with Crippen molar-refractivity contribution < 1.29 is 28.6 Å². The van der Waals surface area contributed by atoms with Crippen LogP contribution in [0.25, 0.3) is 0 Å². The van der Waals surface area contributed by atoms with Gasteiger partial charge < -0.3 is 14.2 Å². The van der Waals surface area contributed by atoms with Crippen molar-refractivity contribution in [1.29, 1.82) is 0 Å². The normalized spacial score (nSPS) is 12.6. The average molecular weight is 921 g/mol. The second-order valence-corrected chi connectivity index (χ2v) is 18.5. The topological polar surface area (TPSA) is 78.9 Å². The van der Waals surface area contributed by atoms with Gasteiger partial charge in [0.1, 0.15) is 13.2 Å². The Morgan fingerprint density at radius 1 is 0.318 bits per heavy atom. The Balaban J connectivity index is 4.36. The van der Waals surface area contributed by atoms with Crippen molar-refractivity contribution in [2.45, 2.75) is 277 Å². The largest absolute Gasteiger partial charge is 0.462 e. The molecule has 0 saturated carbocycles. The maximum absolute atomic E-state index is 12.8. The summed E-state index contributed by atoms with van der Waals surface area (Å²) in [6.07, 6.45) is 69.0. The van der Waals surface area contributed by atoms with Crippen LogP contribution in [0.15, 0.2) is 72.9 Å². The summed E-state index contributed by atoms with van der Waals surface area (Å²) in [6, 6.07) is 0. The maximum atomic E-state index is 12.8. The van der Waals surface area contributed by atoms with Gasteiger partial charge in [0.2, 0.25) is 0 Å². The lowest BCUT2D eigenvalue weighted by molar-refractivity contribution is -0.167. The predicted molar refractivity (Wildman–Crippen MR) is 284 cm³/mol. The van der Waals surface area contributed by atoms with Gasteiger partial charge in [0, 0.05) is 19.3 Å². The summed E-state index contributed by atoms with van der Waals surface area (Å²) in [5.41, 5.74) is 0. The summed E-state index contributed by atoms with van der Waals surface area (Å²) in [6.45, 7) is 6.45. The predicted octanol–water partition coefficient (Wildman–Crippen LogP) is 18.6. The molecule has 66 heavy (non-hydrogen) atoms. The van der Waals surface area contributed by atoms with Gasteiger partial charge in [0.15, 0.2) is 6.10 Å². The highest BCUT2D eigenvalue weighted by Gasteiger charge is 2.19. The van der Waals surface area contributed by atoms with Crippen LogP contribution in [0.5, 0.6) is 0 Å². The summed E-state index contributed by atoms with van der Waals surface area (Å²) in [5.74, 6) is -0.924. The lowest BCUT2D eigenvalue weighted by Crippen LogP contribution is -2.30. The Hall–Kier alpha value is -3.15. The van der Waals surface area contributed by atoms with Gasteiger partial charge in [-0.25, -0.2) is 0 Å². The van der Waals surface area contributed by atoms with E-state index in [-0.39, 0.29) is 31.1 Å². The first kappa shape index (κ1) is 62.8. The molecule has 0 aliphatic rings. The fourth-order valence-electron chi connectivity index (χ4n) is 7.77. The standard InChI is InChI=1S/C60H104O6/c1-4-7-10-13-16-19-22-24-26-28-30-32-34-36-38-41-44-47-50-53-59(62)65-56-57(55-64-58(61)52-49-46-43-40-21-18-15-12-9-6-3)66-60(63)54-51-48-45-42-39-37-35-33-31-29-27-25-23-20-17-14-11-8-5-2/h7,10,12,15-16,19,24,26,30,32,36,38,57H,4-6,8-9,11,13-14,17-18,20-23,25,27-29,31,33-35,37,39-56H2,1-3H3/b10-7-,15-12-,19-16-,26-24-,32-30-,38-36-. The molecule has 0 amide bonds. The molecule has 0 aromatic rings. The zero-order chi connectivity index (χ0) is 47.9. The van der Waals surface area contributed by atoms with E-state index in [4.69, 9.17) is 14.2 Å². The van der Waals surface area contributed by atoms with Crippen LogP contribution in [0.2, 0.25) is 0 Å². The molecule has 0 radical (unpaired) electrons. The molecule has 0 N–H and O–H groups in total. The third-order valence-corrected chi connectivity index (χ3v) is 11.9. The highest BCUT2D eigenvalue weighted by Crippen LogP contribution is 2.16. The highest BCUT2D eigenvalue weighted by atomic mass is 16.6. The molecular weight excluding hydrogens is 817 g/mol. The van der Waals surface area contributed by atoms with E-state index >= 15 is 0 Å². The number of carbonyl (C=O) groups is 3. The Morgan fingerprint density at radius 2 is 0.621 bits per heavy atom.